The normalized spacial score (nSPS) is 17.7. The van der Waals surface area contributed by atoms with E-state index in [1.54, 1.807) is 14.2 Å². The maximum absolute atomic E-state index is 12.6. The predicted octanol–water partition coefficient (Wildman–Crippen LogP) is 4.21. The second-order valence-corrected chi connectivity index (χ2v) is 8.27. The number of para-hydroxylation sites is 2. The number of aliphatic imine (C=N–C) groups is 1. The molecule has 2 aromatic carbocycles. The third kappa shape index (κ3) is 4.62. The molecule has 1 aliphatic rings. The lowest BCUT2D eigenvalue weighted by molar-refractivity contribution is -0.127. The fourth-order valence-electron chi connectivity index (χ4n) is 3.36. The number of hydrogen-bond donors (Lipinski definition) is 1. The van der Waals surface area contributed by atoms with Gasteiger partial charge in [-0.15, -0.1) is 0 Å². The Balaban J connectivity index is 1.73. The second kappa shape index (κ2) is 8.69. The molecule has 7 heteroatoms. The van der Waals surface area contributed by atoms with Gasteiger partial charge in [0.15, 0.2) is 5.17 Å². The Kier molecular flexibility index (Phi) is 6.27. The molecule has 0 radical (unpaired) electrons. The largest absolute Gasteiger partial charge is 0.494 e. The highest BCUT2D eigenvalue weighted by molar-refractivity contribution is 8.15. The molecule has 0 spiro atoms. The van der Waals surface area contributed by atoms with Crippen LogP contribution in [-0.2, 0) is 9.59 Å². The standard InChI is InChI=1S/C22H25N3O3S/c1-13-10-14(2)20(15(3)11-13)24-19(26)12-18-21(27)25(4)22(29-18)23-16-8-6-7-9-17(16)28-5/h6-11,18H,12H2,1-5H3,(H,24,26)/t18-/m0/s1. The highest BCUT2D eigenvalue weighted by Crippen LogP contribution is 2.34. The van der Waals surface area contributed by atoms with Gasteiger partial charge in [-0.25, -0.2) is 4.99 Å². The first kappa shape index (κ1) is 20.9. The first-order valence-electron chi connectivity index (χ1n) is 9.33. The first-order valence-corrected chi connectivity index (χ1v) is 10.2. The summed E-state index contributed by atoms with van der Waals surface area (Å²) in [5.41, 5.74) is 4.63. The fraction of sp³-hybridized carbons (Fsp3) is 0.318. The van der Waals surface area contributed by atoms with E-state index >= 15 is 0 Å². The first-order chi connectivity index (χ1) is 13.8. The van der Waals surface area contributed by atoms with E-state index in [1.807, 2.05) is 57.2 Å². The number of anilines is 1. The lowest BCUT2D eigenvalue weighted by Crippen LogP contribution is -2.30. The molecule has 6 nitrogen and oxygen atoms in total. The third-order valence-electron chi connectivity index (χ3n) is 4.75. The van der Waals surface area contributed by atoms with E-state index in [-0.39, 0.29) is 18.2 Å². The molecule has 0 unspecified atom stereocenters. The molecule has 0 aliphatic carbocycles. The summed E-state index contributed by atoms with van der Waals surface area (Å²) in [6.45, 7) is 5.96. The van der Waals surface area contributed by atoms with Gasteiger partial charge < -0.3 is 10.1 Å². The van der Waals surface area contributed by atoms with Gasteiger partial charge in [0.2, 0.25) is 11.8 Å². The Labute approximate surface area is 175 Å². The number of methoxy groups -OCH3 is 1. The number of hydrogen-bond acceptors (Lipinski definition) is 5. The molecule has 1 atom stereocenters. The van der Waals surface area contributed by atoms with Crippen molar-refractivity contribution in [1.29, 1.82) is 0 Å². The summed E-state index contributed by atoms with van der Waals surface area (Å²) in [5, 5.41) is 3.02. The molecule has 2 amide bonds. The summed E-state index contributed by atoms with van der Waals surface area (Å²) in [7, 11) is 3.26. The van der Waals surface area contributed by atoms with Crippen LogP contribution in [-0.4, -0.2) is 41.3 Å². The Morgan fingerprint density at radius 3 is 2.52 bits per heavy atom. The molecule has 0 bridgehead atoms. The predicted molar refractivity (Wildman–Crippen MR) is 118 cm³/mol. The van der Waals surface area contributed by atoms with Crippen LogP contribution in [0.25, 0.3) is 0 Å². The second-order valence-electron chi connectivity index (χ2n) is 7.10. The summed E-state index contributed by atoms with van der Waals surface area (Å²) in [6.07, 6.45) is 0.0888. The van der Waals surface area contributed by atoms with Gasteiger partial charge in [0.1, 0.15) is 16.7 Å². The highest BCUT2D eigenvalue weighted by atomic mass is 32.2. The number of amides is 2. The van der Waals surface area contributed by atoms with Crippen molar-refractivity contribution in [2.75, 3.05) is 19.5 Å². The van der Waals surface area contributed by atoms with Crippen molar-refractivity contribution in [3.8, 4) is 5.75 Å². The smallest absolute Gasteiger partial charge is 0.242 e. The van der Waals surface area contributed by atoms with Gasteiger partial charge in [-0.1, -0.05) is 41.6 Å². The molecule has 1 fully saturated rings. The Morgan fingerprint density at radius 2 is 1.86 bits per heavy atom. The molecule has 152 valence electrons. The van der Waals surface area contributed by atoms with E-state index in [0.717, 1.165) is 22.4 Å². The number of carbonyl (C=O) groups is 2. The van der Waals surface area contributed by atoms with Crippen LogP contribution >= 0.6 is 11.8 Å². The average molecular weight is 412 g/mol. The van der Waals surface area contributed by atoms with E-state index in [0.29, 0.717) is 16.6 Å². The fourth-order valence-corrected chi connectivity index (χ4v) is 4.51. The number of benzene rings is 2. The van der Waals surface area contributed by atoms with Crippen molar-refractivity contribution in [1.82, 2.24) is 4.90 Å². The zero-order valence-corrected chi connectivity index (χ0v) is 18.1. The summed E-state index contributed by atoms with van der Waals surface area (Å²) in [4.78, 5) is 31.3. The Bertz CT molecular complexity index is 964. The van der Waals surface area contributed by atoms with Crippen molar-refractivity contribution in [2.45, 2.75) is 32.4 Å². The highest BCUT2D eigenvalue weighted by Gasteiger charge is 2.37. The number of rotatable bonds is 5. The third-order valence-corrected chi connectivity index (χ3v) is 5.98. The molecule has 0 aromatic heterocycles. The zero-order chi connectivity index (χ0) is 21.1. The minimum absolute atomic E-state index is 0.0888. The quantitative estimate of drug-likeness (QED) is 0.800. The maximum Gasteiger partial charge on any atom is 0.242 e. The van der Waals surface area contributed by atoms with Crippen molar-refractivity contribution >= 4 is 40.1 Å². The lowest BCUT2D eigenvalue weighted by Gasteiger charge is -2.14. The number of carbonyl (C=O) groups excluding carboxylic acids is 2. The van der Waals surface area contributed by atoms with Crippen LogP contribution in [0, 0.1) is 20.8 Å². The van der Waals surface area contributed by atoms with E-state index < -0.39 is 5.25 Å². The lowest BCUT2D eigenvalue weighted by atomic mass is 10.0. The molecular formula is C22H25N3O3S. The number of aryl methyl sites for hydroxylation is 3. The number of amidine groups is 1. The molecule has 1 N–H and O–H groups in total. The number of ether oxygens (including phenoxy) is 1. The summed E-state index contributed by atoms with van der Waals surface area (Å²) < 4.78 is 5.32. The van der Waals surface area contributed by atoms with Crippen LogP contribution in [0.15, 0.2) is 41.4 Å². The van der Waals surface area contributed by atoms with Crippen LogP contribution < -0.4 is 10.1 Å². The molecule has 3 rings (SSSR count). The van der Waals surface area contributed by atoms with Gasteiger partial charge in [0.25, 0.3) is 0 Å². The molecule has 1 heterocycles. The van der Waals surface area contributed by atoms with Crippen LogP contribution in [0.2, 0.25) is 0 Å². The number of nitrogens with one attached hydrogen (secondary N) is 1. The molecule has 2 aromatic rings. The maximum atomic E-state index is 12.6. The van der Waals surface area contributed by atoms with Crippen LogP contribution in [0.4, 0.5) is 11.4 Å². The van der Waals surface area contributed by atoms with Gasteiger partial charge in [0, 0.05) is 19.2 Å². The van der Waals surface area contributed by atoms with E-state index in [2.05, 4.69) is 10.3 Å². The van der Waals surface area contributed by atoms with Crippen molar-refractivity contribution in [3.05, 3.63) is 53.1 Å². The van der Waals surface area contributed by atoms with Crippen LogP contribution in [0.1, 0.15) is 23.1 Å². The minimum atomic E-state index is -0.500. The topological polar surface area (TPSA) is 71.0 Å². The molecule has 1 aliphatic heterocycles. The number of nitrogens with zero attached hydrogens (tertiary/aromatic N) is 2. The zero-order valence-electron chi connectivity index (χ0n) is 17.3. The van der Waals surface area contributed by atoms with Crippen molar-refractivity contribution < 1.29 is 14.3 Å². The number of thioether (sulfide) groups is 1. The average Bonchev–Trinajstić information content (AvgIpc) is 2.93. The molecule has 29 heavy (non-hydrogen) atoms. The molecule has 0 saturated carbocycles. The SMILES string of the molecule is COc1ccccc1N=C1S[C@@H](CC(=O)Nc2c(C)cc(C)cc2C)C(=O)N1C. The van der Waals surface area contributed by atoms with Crippen molar-refractivity contribution in [3.63, 3.8) is 0 Å². The monoisotopic (exact) mass is 411 g/mol. The van der Waals surface area contributed by atoms with E-state index in [1.165, 1.54) is 16.7 Å². The summed E-state index contributed by atoms with van der Waals surface area (Å²) in [6, 6.07) is 11.4. The summed E-state index contributed by atoms with van der Waals surface area (Å²) >= 11 is 1.30. The van der Waals surface area contributed by atoms with Gasteiger partial charge in [-0.3, -0.25) is 14.5 Å². The molecule has 1 saturated heterocycles. The van der Waals surface area contributed by atoms with Crippen LogP contribution in [0.5, 0.6) is 5.75 Å². The van der Waals surface area contributed by atoms with Gasteiger partial charge in [0.05, 0.1) is 7.11 Å². The Morgan fingerprint density at radius 1 is 1.21 bits per heavy atom. The van der Waals surface area contributed by atoms with E-state index in [9.17, 15) is 9.59 Å². The minimum Gasteiger partial charge on any atom is -0.494 e. The van der Waals surface area contributed by atoms with Gasteiger partial charge in [-0.2, -0.15) is 0 Å². The molecular weight excluding hydrogens is 386 g/mol. The summed E-state index contributed by atoms with van der Waals surface area (Å²) in [5.74, 6) is 0.321. The van der Waals surface area contributed by atoms with Crippen molar-refractivity contribution in [2.24, 2.45) is 4.99 Å². The van der Waals surface area contributed by atoms with Gasteiger partial charge in [-0.05, 0) is 44.0 Å². The van der Waals surface area contributed by atoms with Crippen LogP contribution in [0.3, 0.4) is 0 Å². The van der Waals surface area contributed by atoms with E-state index in [4.69, 9.17) is 4.74 Å². The Hall–Kier alpha value is -2.80. The van der Waals surface area contributed by atoms with Gasteiger partial charge >= 0.3 is 0 Å².